The van der Waals surface area contributed by atoms with Crippen LogP contribution in [-0.2, 0) is 4.74 Å². The number of carbonyl (C=O) groups is 1. The van der Waals surface area contributed by atoms with Gasteiger partial charge in [0, 0.05) is 0 Å². The number of H-pyrrole nitrogens is 1. The van der Waals surface area contributed by atoms with Crippen LogP contribution in [0.5, 0.6) is 0 Å². The predicted octanol–water partition coefficient (Wildman–Crippen LogP) is 1.88. The van der Waals surface area contributed by atoms with Gasteiger partial charge in [-0.05, 0) is 33.0 Å². The molecule has 1 rings (SSSR count). The average molecular weight is 228 g/mol. The minimum absolute atomic E-state index is 0.212. The molecule has 0 bridgehead atoms. The number of aromatic nitrogens is 3. The maximum Gasteiger partial charge on any atom is 0.414 e. The van der Waals surface area contributed by atoms with E-state index in [-0.39, 0.29) is 10.7 Å². The van der Waals surface area contributed by atoms with Gasteiger partial charge in [-0.3, -0.25) is 5.32 Å². The SMILES string of the molecule is CC(C)(C)OC(=O)Nc1ncnc(=S)[nH]1. The maximum atomic E-state index is 11.3. The summed E-state index contributed by atoms with van der Waals surface area (Å²) in [6.45, 7) is 5.32. The summed E-state index contributed by atoms with van der Waals surface area (Å²) in [7, 11) is 0. The van der Waals surface area contributed by atoms with Crippen molar-refractivity contribution in [3.8, 4) is 0 Å². The third-order valence-corrected chi connectivity index (χ3v) is 1.41. The third-order valence-electron chi connectivity index (χ3n) is 1.21. The van der Waals surface area contributed by atoms with Crippen LogP contribution in [-0.4, -0.2) is 26.6 Å². The van der Waals surface area contributed by atoms with Gasteiger partial charge in [0.2, 0.25) is 10.7 Å². The molecule has 1 amide bonds. The topological polar surface area (TPSA) is 79.9 Å². The normalized spacial score (nSPS) is 10.9. The van der Waals surface area contributed by atoms with E-state index in [1.165, 1.54) is 6.33 Å². The van der Waals surface area contributed by atoms with E-state index in [2.05, 4.69) is 20.3 Å². The number of rotatable bonds is 1. The van der Waals surface area contributed by atoms with Crippen LogP contribution >= 0.6 is 12.2 Å². The molecular weight excluding hydrogens is 216 g/mol. The molecule has 0 aromatic carbocycles. The fourth-order valence-electron chi connectivity index (χ4n) is 0.769. The van der Waals surface area contributed by atoms with Crippen LogP contribution in [0, 0.1) is 4.77 Å². The van der Waals surface area contributed by atoms with Crippen LogP contribution < -0.4 is 5.32 Å². The Labute approximate surface area is 92.1 Å². The molecule has 0 saturated carbocycles. The molecule has 1 aromatic heterocycles. The zero-order valence-electron chi connectivity index (χ0n) is 8.70. The van der Waals surface area contributed by atoms with Gasteiger partial charge in [0.25, 0.3) is 0 Å². The molecule has 7 heteroatoms. The summed E-state index contributed by atoms with van der Waals surface area (Å²) < 4.78 is 5.26. The highest BCUT2D eigenvalue weighted by molar-refractivity contribution is 7.71. The lowest BCUT2D eigenvalue weighted by molar-refractivity contribution is 0.0634. The van der Waals surface area contributed by atoms with Crippen molar-refractivity contribution in [2.75, 3.05) is 5.32 Å². The lowest BCUT2D eigenvalue weighted by atomic mass is 10.2. The van der Waals surface area contributed by atoms with Crippen LogP contribution in [0.1, 0.15) is 20.8 Å². The Bertz CT molecular complexity index is 410. The Morgan fingerprint density at radius 3 is 2.73 bits per heavy atom. The molecule has 0 unspecified atom stereocenters. The van der Waals surface area contributed by atoms with Crippen LogP contribution in [0.3, 0.4) is 0 Å². The molecule has 0 aliphatic carbocycles. The second-order valence-corrected chi connectivity index (χ2v) is 4.17. The van der Waals surface area contributed by atoms with Crippen LogP contribution in [0.25, 0.3) is 0 Å². The quantitative estimate of drug-likeness (QED) is 0.717. The summed E-state index contributed by atoms with van der Waals surface area (Å²) in [6.07, 6.45) is 0.665. The first-order chi connectivity index (χ1) is 6.87. The van der Waals surface area contributed by atoms with Gasteiger partial charge in [-0.1, -0.05) is 0 Å². The predicted molar refractivity (Wildman–Crippen MR) is 57.1 cm³/mol. The van der Waals surface area contributed by atoms with Crippen molar-refractivity contribution in [2.24, 2.45) is 0 Å². The van der Waals surface area contributed by atoms with Gasteiger partial charge in [-0.2, -0.15) is 0 Å². The minimum atomic E-state index is -0.591. The molecule has 0 radical (unpaired) electrons. The van der Waals surface area contributed by atoms with E-state index in [0.717, 1.165) is 0 Å². The molecular formula is C8H12N4O2S. The largest absolute Gasteiger partial charge is 0.444 e. The summed E-state index contributed by atoms with van der Waals surface area (Å²) >= 11 is 4.76. The van der Waals surface area contributed by atoms with Gasteiger partial charge in [-0.25, -0.2) is 14.8 Å². The lowest BCUT2D eigenvalue weighted by Crippen LogP contribution is -2.27. The first-order valence-electron chi connectivity index (χ1n) is 4.28. The van der Waals surface area contributed by atoms with Crippen molar-refractivity contribution in [1.29, 1.82) is 0 Å². The number of nitrogens with one attached hydrogen (secondary N) is 2. The third kappa shape index (κ3) is 4.50. The van der Waals surface area contributed by atoms with Gasteiger partial charge in [0.1, 0.15) is 11.9 Å². The van der Waals surface area contributed by atoms with E-state index in [9.17, 15) is 4.79 Å². The van der Waals surface area contributed by atoms with E-state index in [0.29, 0.717) is 0 Å². The number of hydrogen-bond donors (Lipinski definition) is 2. The highest BCUT2D eigenvalue weighted by Gasteiger charge is 2.16. The standard InChI is InChI=1S/C8H12N4O2S/c1-8(2,3)14-7(13)12-5-9-4-10-6(15)11-5/h4H,1-3H3,(H2,9,10,11,12,13,15). The van der Waals surface area contributed by atoms with Crippen molar-refractivity contribution in [3.05, 3.63) is 11.1 Å². The van der Waals surface area contributed by atoms with E-state index in [1.807, 2.05) is 0 Å². The average Bonchev–Trinajstić information content (AvgIpc) is 1.99. The van der Waals surface area contributed by atoms with Crippen LogP contribution in [0.2, 0.25) is 0 Å². The molecule has 1 aromatic rings. The number of aromatic amines is 1. The van der Waals surface area contributed by atoms with E-state index >= 15 is 0 Å². The molecule has 6 nitrogen and oxygen atoms in total. The number of nitrogens with zero attached hydrogens (tertiary/aromatic N) is 2. The smallest absolute Gasteiger partial charge is 0.414 e. The minimum Gasteiger partial charge on any atom is -0.444 e. The first-order valence-corrected chi connectivity index (χ1v) is 4.69. The monoisotopic (exact) mass is 228 g/mol. The zero-order chi connectivity index (χ0) is 11.5. The Kier molecular flexibility index (Phi) is 3.35. The second kappa shape index (κ2) is 4.35. The summed E-state index contributed by atoms with van der Waals surface area (Å²) in [6, 6.07) is 0. The number of amides is 1. The summed E-state index contributed by atoms with van der Waals surface area (Å²) in [5, 5.41) is 2.40. The fraction of sp³-hybridized carbons (Fsp3) is 0.500. The molecule has 0 fully saturated rings. The molecule has 0 atom stereocenters. The van der Waals surface area contributed by atoms with Crippen molar-refractivity contribution in [1.82, 2.24) is 15.0 Å². The Balaban J connectivity index is 2.63. The van der Waals surface area contributed by atoms with Crippen molar-refractivity contribution in [3.63, 3.8) is 0 Å². The molecule has 0 saturated heterocycles. The first kappa shape index (κ1) is 11.6. The van der Waals surface area contributed by atoms with Gasteiger partial charge in [-0.15, -0.1) is 0 Å². The Morgan fingerprint density at radius 2 is 2.20 bits per heavy atom. The highest BCUT2D eigenvalue weighted by atomic mass is 32.1. The number of anilines is 1. The van der Waals surface area contributed by atoms with Crippen molar-refractivity contribution in [2.45, 2.75) is 26.4 Å². The van der Waals surface area contributed by atoms with Gasteiger partial charge in [0.15, 0.2) is 0 Å². The summed E-state index contributed by atoms with van der Waals surface area (Å²) in [5.74, 6) is 0.212. The fourth-order valence-corrected chi connectivity index (χ4v) is 0.913. The molecule has 0 spiro atoms. The molecule has 0 aliphatic heterocycles. The Hall–Kier alpha value is -1.50. The highest BCUT2D eigenvalue weighted by Crippen LogP contribution is 2.08. The summed E-state index contributed by atoms with van der Waals surface area (Å²) in [5.41, 5.74) is -0.548. The molecule has 1 heterocycles. The van der Waals surface area contributed by atoms with E-state index in [1.54, 1.807) is 20.8 Å². The zero-order valence-corrected chi connectivity index (χ0v) is 9.51. The van der Waals surface area contributed by atoms with Gasteiger partial charge < -0.3 is 9.72 Å². The van der Waals surface area contributed by atoms with Crippen LogP contribution in [0.4, 0.5) is 10.7 Å². The van der Waals surface area contributed by atoms with E-state index < -0.39 is 11.7 Å². The van der Waals surface area contributed by atoms with E-state index in [4.69, 9.17) is 17.0 Å². The van der Waals surface area contributed by atoms with Crippen LogP contribution in [0.15, 0.2) is 6.33 Å². The lowest BCUT2D eigenvalue weighted by Gasteiger charge is -2.19. The molecule has 0 aliphatic rings. The number of ether oxygens (including phenoxy) is 1. The van der Waals surface area contributed by atoms with Crippen molar-refractivity contribution < 1.29 is 9.53 Å². The van der Waals surface area contributed by atoms with Gasteiger partial charge >= 0.3 is 6.09 Å². The number of carbonyl (C=O) groups excluding carboxylic acids is 1. The summed E-state index contributed by atoms with van der Waals surface area (Å²) in [4.78, 5) is 21.3. The molecule has 82 valence electrons. The molecule has 15 heavy (non-hydrogen) atoms. The second-order valence-electron chi connectivity index (χ2n) is 3.78. The maximum absolute atomic E-state index is 11.3. The molecule has 2 N–H and O–H groups in total. The number of hydrogen-bond acceptors (Lipinski definition) is 5. The Morgan fingerprint density at radius 1 is 1.53 bits per heavy atom. The van der Waals surface area contributed by atoms with Gasteiger partial charge in [0.05, 0.1) is 0 Å². The van der Waals surface area contributed by atoms with Crippen molar-refractivity contribution >= 4 is 24.3 Å².